The molecule has 8 nitrogen and oxygen atoms in total. The molecule has 1 unspecified atom stereocenters. The fourth-order valence-electron chi connectivity index (χ4n) is 3.80. The second-order valence-corrected chi connectivity index (χ2v) is 9.48. The van der Waals surface area contributed by atoms with Gasteiger partial charge in [-0.25, -0.2) is 4.79 Å². The quantitative estimate of drug-likeness (QED) is 0.113. The van der Waals surface area contributed by atoms with Gasteiger partial charge in [-0.1, -0.05) is 110 Å². The normalized spacial score (nSPS) is 12.8. The summed E-state index contributed by atoms with van der Waals surface area (Å²) in [6, 6.07) is 0. The van der Waals surface area contributed by atoms with Crippen LogP contribution >= 0.6 is 0 Å². The largest absolute Gasteiger partial charge is 0.479 e. The van der Waals surface area contributed by atoms with Gasteiger partial charge in [-0.3, -0.25) is 9.59 Å². The van der Waals surface area contributed by atoms with Crippen molar-refractivity contribution < 1.29 is 39.2 Å². The van der Waals surface area contributed by atoms with E-state index in [0.29, 0.717) is 0 Å². The Hall–Kier alpha value is -1.67. The summed E-state index contributed by atoms with van der Waals surface area (Å²) in [5.74, 6) is -2.88. The van der Waals surface area contributed by atoms with Gasteiger partial charge in [0, 0.05) is 6.42 Å². The Bertz CT molecular complexity index is 537. The van der Waals surface area contributed by atoms with E-state index in [1.807, 2.05) is 0 Å². The molecule has 0 saturated heterocycles. The van der Waals surface area contributed by atoms with Crippen molar-refractivity contribution in [1.82, 2.24) is 0 Å². The first kappa shape index (κ1) is 33.3. The lowest BCUT2D eigenvalue weighted by Crippen LogP contribution is -2.28. The molecule has 0 amide bonds. The maximum atomic E-state index is 11.7. The topological polar surface area (TPSA) is 130 Å². The van der Waals surface area contributed by atoms with E-state index in [0.717, 1.165) is 19.3 Å². The van der Waals surface area contributed by atoms with E-state index in [4.69, 9.17) is 14.9 Å². The van der Waals surface area contributed by atoms with E-state index in [2.05, 4.69) is 11.7 Å². The van der Waals surface area contributed by atoms with Crippen LogP contribution < -0.4 is 0 Å². The fourth-order valence-corrected chi connectivity index (χ4v) is 3.80. The Kier molecular flexibility index (Phi) is 22.9. The highest BCUT2D eigenvalue weighted by atomic mass is 16.6. The zero-order valence-corrected chi connectivity index (χ0v) is 21.9. The third-order valence-electron chi connectivity index (χ3n) is 6.00. The molecule has 8 heteroatoms. The summed E-state index contributed by atoms with van der Waals surface area (Å²) in [6.45, 7) is 1.53. The first-order valence-electron chi connectivity index (χ1n) is 13.8. The first-order chi connectivity index (χ1) is 16.9. The lowest BCUT2D eigenvalue weighted by Gasteiger charge is -2.12. The molecule has 0 aliphatic heterocycles. The van der Waals surface area contributed by atoms with Gasteiger partial charge in [0.05, 0.1) is 6.42 Å². The molecule has 0 aromatic rings. The summed E-state index contributed by atoms with van der Waals surface area (Å²) in [5, 5.41) is 27.2. The molecule has 0 aromatic carbocycles. The van der Waals surface area contributed by atoms with Gasteiger partial charge >= 0.3 is 17.9 Å². The van der Waals surface area contributed by atoms with Gasteiger partial charge in [-0.15, -0.1) is 0 Å². The zero-order chi connectivity index (χ0) is 26.2. The van der Waals surface area contributed by atoms with E-state index in [1.54, 1.807) is 0 Å². The molecule has 0 bridgehead atoms. The number of hydrogen-bond donors (Lipinski definition) is 3. The molecule has 206 valence electrons. The predicted molar refractivity (Wildman–Crippen MR) is 135 cm³/mol. The highest BCUT2D eigenvalue weighted by Gasteiger charge is 2.20. The molecule has 35 heavy (non-hydrogen) atoms. The van der Waals surface area contributed by atoms with E-state index < -0.39 is 43.1 Å². The molecule has 0 aromatic heterocycles. The minimum atomic E-state index is -1.85. The third-order valence-corrected chi connectivity index (χ3v) is 6.00. The van der Waals surface area contributed by atoms with Crippen LogP contribution in [0.2, 0.25) is 0 Å². The smallest absolute Gasteiger partial charge is 0.333 e. The molecule has 0 radical (unpaired) electrons. The summed E-state index contributed by atoms with van der Waals surface area (Å²) < 4.78 is 9.61. The molecule has 0 heterocycles. The number of carbonyl (C=O) groups is 3. The van der Waals surface area contributed by atoms with Gasteiger partial charge in [0.1, 0.15) is 19.3 Å². The monoisotopic (exact) mass is 502 g/mol. The van der Waals surface area contributed by atoms with Crippen LogP contribution in [-0.2, 0) is 23.9 Å². The van der Waals surface area contributed by atoms with Crippen molar-refractivity contribution in [3.8, 4) is 0 Å². The van der Waals surface area contributed by atoms with Crippen molar-refractivity contribution in [2.24, 2.45) is 0 Å². The van der Waals surface area contributed by atoms with Gasteiger partial charge in [-0.05, 0) is 6.42 Å². The summed E-state index contributed by atoms with van der Waals surface area (Å²) in [7, 11) is 0. The Balaban J connectivity index is 3.40. The Morgan fingerprint density at radius 2 is 0.971 bits per heavy atom. The second-order valence-electron chi connectivity index (χ2n) is 9.48. The van der Waals surface area contributed by atoms with Gasteiger partial charge in [-0.2, -0.15) is 0 Å². The van der Waals surface area contributed by atoms with Gasteiger partial charge in [0.2, 0.25) is 0 Å². The molecule has 0 fully saturated rings. The predicted octanol–water partition coefficient (Wildman–Crippen LogP) is 5.31. The highest BCUT2D eigenvalue weighted by Crippen LogP contribution is 2.14. The molecule has 0 aliphatic rings. The molecule has 0 saturated carbocycles. The molecule has 3 N–H and O–H groups in total. The van der Waals surface area contributed by atoms with Crippen molar-refractivity contribution in [2.75, 3.05) is 13.2 Å². The van der Waals surface area contributed by atoms with Crippen molar-refractivity contribution in [3.63, 3.8) is 0 Å². The average Bonchev–Trinajstić information content (AvgIpc) is 2.83. The van der Waals surface area contributed by atoms with Crippen molar-refractivity contribution >= 4 is 17.9 Å². The minimum Gasteiger partial charge on any atom is -0.479 e. The molecule has 0 rings (SSSR count). The number of aliphatic hydroxyl groups excluding tert-OH is 2. The van der Waals surface area contributed by atoms with Crippen molar-refractivity contribution in [3.05, 3.63) is 0 Å². The SMILES string of the molecule is CCCCCCCCCCCCCCCCCCCC(=O)OCC(O)COC(=O)C[C@@H](O)C(=O)O. The van der Waals surface area contributed by atoms with Crippen LogP contribution in [0, 0.1) is 0 Å². The Morgan fingerprint density at radius 3 is 1.37 bits per heavy atom. The van der Waals surface area contributed by atoms with Gasteiger partial charge < -0.3 is 24.8 Å². The van der Waals surface area contributed by atoms with Crippen LogP contribution in [0.3, 0.4) is 0 Å². The number of rotatable bonds is 25. The van der Waals surface area contributed by atoms with E-state index in [-0.39, 0.29) is 13.0 Å². The van der Waals surface area contributed by atoms with Crippen molar-refractivity contribution in [1.29, 1.82) is 0 Å². The minimum absolute atomic E-state index is 0.288. The Labute approximate surface area is 211 Å². The molecular weight excluding hydrogens is 452 g/mol. The maximum absolute atomic E-state index is 11.7. The number of aliphatic carboxylic acids is 1. The lowest BCUT2D eigenvalue weighted by atomic mass is 10.0. The summed E-state index contributed by atoms with van der Waals surface area (Å²) in [5.41, 5.74) is 0. The number of carboxylic acids is 1. The molecule has 0 spiro atoms. The zero-order valence-electron chi connectivity index (χ0n) is 21.9. The van der Waals surface area contributed by atoms with Gasteiger partial charge in [0.15, 0.2) is 6.10 Å². The van der Waals surface area contributed by atoms with Crippen LogP contribution in [0.25, 0.3) is 0 Å². The number of aliphatic hydroxyl groups is 2. The van der Waals surface area contributed by atoms with E-state index in [1.165, 1.54) is 89.9 Å². The van der Waals surface area contributed by atoms with Crippen LogP contribution in [0.1, 0.15) is 129 Å². The molecule has 2 atom stereocenters. The second kappa shape index (κ2) is 24.0. The van der Waals surface area contributed by atoms with Crippen LogP contribution in [0.5, 0.6) is 0 Å². The molecular formula is C27H50O8. The van der Waals surface area contributed by atoms with Crippen LogP contribution in [-0.4, -0.2) is 58.6 Å². The number of ether oxygens (including phenoxy) is 2. The van der Waals surface area contributed by atoms with E-state index in [9.17, 15) is 19.5 Å². The summed E-state index contributed by atoms with van der Waals surface area (Å²) in [4.78, 5) is 33.5. The maximum Gasteiger partial charge on any atom is 0.333 e. The number of esters is 2. The number of carbonyl (C=O) groups excluding carboxylic acids is 2. The number of hydrogen-bond acceptors (Lipinski definition) is 7. The highest BCUT2D eigenvalue weighted by molar-refractivity contribution is 5.80. The number of unbranched alkanes of at least 4 members (excludes halogenated alkanes) is 16. The molecule has 0 aliphatic carbocycles. The van der Waals surface area contributed by atoms with Crippen LogP contribution in [0.15, 0.2) is 0 Å². The average molecular weight is 503 g/mol. The van der Waals surface area contributed by atoms with Crippen LogP contribution in [0.4, 0.5) is 0 Å². The Morgan fingerprint density at radius 1 is 0.600 bits per heavy atom. The van der Waals surface area contributed by atoms with Gasteiger partial charge in [0.25, 0.3) is 0 Å². The van der Waals surface area contributed by atoms with E-state index >= 15 is 0 Å². The summed E-state index contributed by atoms with van der Waals surface area (Å²) in [6.07, 6.45) is 18.2. The standard InChI is InChI=1S/C27H50O8/c1-2-3-4-5-6-7-8-9-10-11-12-13-14-15-16-17-18-19-25(30)34-21-23(28)22-35-26(31)20-24(29)27(32)33/h23-24,28-29H,2-22H2,1H3,(H,32,33)/t23?,24-/m1/s1. The lowest BCUT2D eigenvalue weighted by molar-refractivity contribution is -0.159. The fraction of sp³-hybridized carbons (Fsp3) is 0.889. The number of carboxylic acid groups (broad SMARTS) is 1. The summed E-state index contributed by atoms with van der Waals surface area (Å²) >= 11 is 0. The van der Waals surface area contributed by atoms with Crippen molar-refractivity contribution in [2.45, 2.75) is 141 Å². The third kappa shape index (κ3) is 23.8. The first-order valence-corrected chi connectivity index (χ1v) is 13.8.